The summed E-state index contributed by atoms with van der Waals surface area (Å²) in [5.41, 5.74) is 5.38. The van der Waals surface area contributed by atoms with E-state index in [1.165, 1.54) is 6.92 Å². The van der Waals surface area contributed by atoms with E-state index in [1.54, 1.807) is 20.8 Å². The van der Waals surface area contributed by atoms with Gasteiger partial charge in [-0.25, -0.2) is 0 Å². The van der Waals surface area contributed by atoms with Gasteiger partial charge in [-0.05, 0) is 27.7 Å². The minimum atomic E-state index is -0.850. The summed E-state index contributed by atoms with van der Waals surface area (Å²) in [6, 6.07) is 0. The molecule has 0 aliphatic carbocycles. The summed E-state index contributed by atoms with van der Waals surface area (Å²) in [6.07, 6.45) is -2.20. The van der Waals surface area contributed by atoms with E-state index < -0.39 is 18.9 Å². The van der Waals surface area contributed by atoms with Gasteiger partial charge in [0, 0.05) is 0 Å². The molecular formula is C8H19NO4. The van der Waals surface area contributed by atoms with E-state index in [-0.39, 0.29) is 6.23 Å². The highest BCUT2D eigenvalue weighted by molar-refractivity contribution is 4.40. The Kier molecular flexibility index (Phi) is 6.19. The van der Waals surface area contributed by atoms with Crippen molar-refractivity contribution in [1.82, 2.24) is 0 Å². The van der Waals surface area contributed by atoms with Gasteiger partial charge < -0.3 is 25.1 Å². The molecule has 80 valence electrons. The first kappa shape index (κ1) is 12.8. The smallest absolute Gasteiger partial charge is 0.161 e. The van der Waals surface area contributed by atoms with Crippen LogP contribution in [0, 0.1) is 0 Å². The number of hydrogen-bond acceptors (Lipinski definition) is 5. The Morgan fingerprint density at radius 3 is 1.77 bits per heavy atom. The molecule has 0 aromatic carbocycles. The Morgan fingerprint density at radius 1 is 0.923 bits per heavy atom. The van der Waals surface area contributed by atoms with Crippen molar-refractivity contribution in [3.8, 4) is 0 Å². The van der Waals surface area contributed by atoms with Crippen LogP contribution < -0.4 is 5.73 Å². The zero-order valence-electron chi connectivity index (χ0n) is 8.56. The summed E-state index contributed by atoms with van der Waals surface area (Å²) in [4.78, 5) is 0. The standard InChI is InChI=1S/C8H19NO4/c1-5(9)11-7(3)13-8(4)12-6(2)10/h5-8,10H,9H2,1-4H3. The molecule has 0 rings (SSSR count). The van der Waals surface area contributed by atoms with E-state index in [9.17, 15) is 0 Å². The second kappa shape index (κ2) is 6.28. The second-order valence-electron chi connectivity index (χ2n) is 2.85. The molecule has 5 heteroatoms. The molecule has 5 nitrogen and oxygen atoms in total. The molecule has 0 bridgehead atoms. The molecule has 0 aromatic heterocycles. The second-order valence-corrected chi connectivity index (χ2v) is 2.85. The number of ether oxygens (including phenoxy) is 3. The van der Waals surface area contributed by atoms with Crippen LogP contribution in [0.1, 0.15) is 27.7 Å². The highest BCUT2D eigenvalue weighted by Crippen LogP contribution is 2.04. The zero-order chi connectivity index (χ0) is 10.4. The minimum Gasteiger partial charge on any atom is -0.368 e. The zero-order valence-corrected chi connectivity index (χ0v) is 8.56. The Bertz CT molecular complexity index is 115. The molecule has 0 radical (unpaired) electrons. The predicted molar refractivity (Wildman–Crippen MR) is 47.5 cm³/mol. The molecule has 13 heavy (non-hydrogen) atoms. The lowest BCUT2D eigenvalue weighted by atomic mass is 10.6. The Balaban J connectivity index is 3.58. The molecule has 0 fully saturated rings. The Morgan fingerprint density at radius 2 is 1.38 bits per heavy atom. The summed E-state index contributed by atoms with van der Waals surface area (Å²) in [5, 5.41) is 8.85. The van der Waals surface area contributed by atoms with Crippen molar-refractivity contribution < 1.29 is 19.3 Å². The van der Waals surface area contributed by atoms with Gasteiger partial charge in [0.15, 0.2) is 18.9 Å². The average molecular weight is 193 g/mol. The normalized spacial score (nSPS) is 20.8. The first-order valence-corrected chi connectivity index (χ1v) is 4.32. The molecule has 0 spiro atoms. The summed E-state index contributed by atoms with van der Waals surface area (Å²) >= 11 is 0. The molecule has 0 aromatic rings. The molecule has 0 saturated heterocycles. The van der Waals surface area contributed by atoms with Crippen LogP contribution in [-0.4, -0.2) is 30.2 Å². The number of rotatable bonds is 6. The lowest BCUT2D eigenvalue weighted by Crippen LogP contribution is -2.30. The first-order valence-electron chi connectivity index (χ1n) is 4.32. The molecule has 3 N–H and O–H groups in total. The molecule has 0 amide bonds. The van der Waals surface area contributed by atoms with Gasteiger partial charge in [-0.3, -0.25) is 0 Å². The maximum atomic E-state index is 8.85. The fraction of sp³-hybridized carbons (Fsp3) is 1.00. The summed E-state index contributed by atoms with van der Waals surface area (Å²) in [6.45, 7) is 6.61. The maximum Gasteiger partial charge on any atom is 0.161 e. The van der Waals surface area contributed by atoms with Crippen molar-refractivity contribution in [2.45, 2.75) is 52.8 Å². The topological polar surface area (TPSA) is 73.9 Å². The van der Waals surface area contributed by atoms with E-state index in [1.807, 2.05) is 0 Å². The molecule has 4 unspecified atom stereocenters. The maximum absolute atomic E-state index is 8.85. The number of hydrogen-bond donors (Lipinski definition) is 2. The van der Waals surface area contributed by atoms with Crippen LogP contribution in [0.2, 0.25) is 0 Å². The Hall–Kier alpha value is -0.200. The number of nitrogens with two attached hydrogens (primary N) is 1. The van der Waals surface area contributed by atoms with Crippen LogP contribution in [-0.2, 0) is 14.2 Å². The molecule has 4 atom stereocenters. The van der Waals surface area contributed by atoms with Gasteiger partial charge in [-0.1, -0.05) is 0 Å². The van der Waals surface area contributed by atoms with Gasteiger partial charge >= 0.3 is 0 Å². The van der Waals surface area contributed by atoms with E-state index in [0.717, 1.165) is 0 Å². The lowest BCUT2D eigenvalue weighted by molar-refractivity contribution is -0.276. The van der Waals surface area contributed by atoms with Crippen molar-refractivity contribution >= 4 is 0 Å². The molecule has 0 saturated carbocycles. The van der Waals surface area contributed by atoms with Gasteiger partial charge in [0.25, 0.3) is 0 Å². The van der Waals surface area contributed by atoms with Gasteiger partial charge in [-0.2, -0.15) is 0 Å². The number of aliphatic hydroxyl groups is 1. The third-order valence-electron chi connectivity index (χ3n) is 1.18. The van der Waals surface area contributed by atoms with Gasteiger partial charge in [0.2, 0.25) is 0 Å². The molecule has 0 aliphatic rings. The largest absolute Gasteiger partial charge is 0.368 e. The van der Waals surface area contributed by atoms with E-state index >= 15 is 0 Å². The van der Waals surface area contributed by atoms with Gasteiger partial charge in [0.1, 0.15) is 6.23 Å². The quantitative estimate of drug-likeness (QED) is 0.596. The van der Waals surface area contributed by atoms with Crippen molar-refractivity contribution in [3.05, 3.63) is 0 Å². The SMILES string of the molecule is CC(N)OC(C)OC(C)OC(C)O. The third kappa shape index (κ3) is 8.14. The van der Waals surface area contributed by atoms with Crippen molar-refractivity contribution in [1.29, 1.82) is 0 Å². The predicted octanol–water partition coefficient (Wildman–Crippen LogP) is 0.371. The van der Waals surface area contributed by atoms with E-state index in [0.29, 0.717) is 0 Å². The van der Waals surface area contributed by atoms with Crippen molar-refractivity contribution in [2.75, 3.05) is 0 Å². The summed E-state index contributed by atoms with van der Waals surface area (Å²) in [5.74, 6) is 0. The molecular weight excluding hydrogens is 174 g/mol. The van der Waals surface area contributed by atoms with E-state index in [2.05, 4.69) is 0 Å². The van der Waals surface area contributed by atoms with Crippen LogP contribution in [0.4, 0.5) is 0 Å². The van der Waals surface area contributed by atoms with E-state index in [4.69, 9.17) is 25.1 Å². The fourth-order valence-electron chi connectivity index (χ4n) is 0.914. The fourth-order valence-corrected chi connectivity index (χ4v) is 0.914. The minimum absolute atomic E-state index is 0.381. The lowest BCUT2D eigenvalue weighted by Gasteiger charge is -2.22. The summed E-state index contributed by atoms with van der Waals surface area (Å²) in [7, 11) is 0. The highest BCUT2D eigenvalue weighted by atomic mass is 16.8. The van der Waals surface area contributed by atoms with Crippen molar-refractivity contribution in [3.63, 3.8) is 0 Å². The van der Waals surface area contributed by atoms with Crippen LogP contribution in [0.5, 0.6) is 0 Å². The molecule has 0 aliphatic heterocycles. The average Bonchev–Trinajstić information content (AvgIpc) is 1.80. The molecule has 0 heterocycles. The van der Waals surface area contributed by atoms with Gasteiger partial charge in [-0.15, -0.1) is 0 Å². The highest BCUT2D eigenvalue weighted by Gasteiger charge is 2.12. The van der Waals surface area contributed by atoms with Crippen LogP contribution >= 0.6 is 0 Å². The Labute approximate surface area is 78.8 Å². The van der Waals surface area contributed by atoms with Crippen LogP contribution in [0.25, 0.3) is 0 Å². The van der Waals surface area contributed by atoms with Crippen LogP contribution in [0.3, 0.4) is 0 Å². The van der Waals surface area contributed by atoms with Crippen molar-refractivity contribution in [2.24, 2.45) is 5.73 Å². The monoisotopic (exact) mass is 193 g/mol. The summed E-state index contributed by atoms with van der Waals surface area (Å²) < 4.78 is 15.2. The number of aliphatic hydroxyl groups excluding tert-OH is 1. The third-order valence-corrected chi connectivity index (χ3v) is 1.18. The first-order chi connectivity index (χ1) is 5.91. The van der Waals surface area contributed by atoms with Gasteiger partial charge in [0.05, 0.1) is 0 Å². The van der Waals surface area contributed by atoms with Crippen LogP contribution in [0.15, 0.2) is 0 Å².